The van der Waals surface area contributed by atoms with Crippen LogP contribution in [0.5, 0.6) is 0 Å². The molecule has 0 aromatic carbocycles. The lowest BCUT2D eigenvalue weighted by atomic mass is 10.3. The third kappa shape index (κ3) is 1.80. The van der Waals surface area contributed by atoms with Gasteiger partial charge in [0, 0.05) is 5.38 Å². The first-order valence-electron chi connectivity index (χ1n) is 4.21. The predicted molar refractivity (Wildman–Crippen MR) is 51.9 cm³/mol. The number of nitrogens with zero attached hydrogens (tertiary/aromatic N) is 4. The topological polar surface area (TPSA) is 63.8 Å². The molecule has 1 N–H and O–H groups in total. The van der Waals surface area contributed by atoms with Crippen LogP contribution < -0.4 is 0 Å². The summed E-state index contributed by atoms with van der Waals surface area (Å²) < 4.78 is 1.65. The second-order valence-corrected chi connectivity index (χ2v) is 3.69. The highest BCUT2D eigenvalue weighted by molar-refractivity contribution is 7.07. The predicted octanol–water partition coefficient (Wildman–Crippen LogP) is 0.836. The van der Waals surface area contributed by atoms with Crippen LogP contribution in [-0.4, -0.2) is 25.1 Å². The quantitative estimate of drug-likeness (QED) is 0.815. The molecular formula is C8H10N4OS. The molecule has 5 nitrogen and oxygen atoms in total. The second-order valence-electron chi connectivity index (χ2n) is 2.97. The molecule has 2 aromatic rings. The van der Waals surface area contributed by atoms with Crippen molar-refractivity contribution in [3.05, 3.63) is 28.5 Å². The highest BCUT2D eigenvalue weighted by atomic mass is 32.1. The molecule has 0 fully saturated rings. The van der Waals surface area contributed by atoms with Crippen LogP contribution in [0.25, 0.3) is 0 Å². The van der Waals surface area contributed by atoms with Crippen LogP contribution in [0.3, 0.4) is 0 Å². The third-order valence-electron chi connectivity index (χ3n) is 1.87. The molecule has 0 aliphatic carbocycles. The van der Waals surface area contributed by atoms with E-state index in [1.165, 1.54) is 0 Å². The lowest BCUT2D eigenvalue weighted by molar-refractivity contribution is 0.188. The van der Waals surface area contributed by atoms with Crippen molar-refractivity contribution in [2.45, 2.75) is 19.6 Å². The highest BCUT2D eigenvalue weighted by Crippen LogP contribution is 2.11. The van der Waals surface area contributed by atoms with Gasteiger partial charge in [0.15, 0.2) is 0 Å². The van der Waals surface area contributed by atoms with E-state index >= 15 is 0 Å². The molecule has 0 amide bonds. The summed E-state index contributed by atoms with van der Waals surface area (Å²) >= 11 is 1.54. The minimum absolute atomic E-state index is 0.552. The van der Waals surface area contributed by atoms with Gasteiger partial charge in [-0.3, -0.25) is 0 Å². The van der Waals surface area contributed by atoms with Gasteiger partial charge in [-0.25, -0.2) is 9.67 Å². The van der Waals surface area contributed by atoms with Gasteiger partial charge in [-0.1, -0.05) is 5.21 Å². The summed E-state index contributed by atoms with van der Waals surface area (Å²) in [6, 6.07) is 0. The van der Waals surface area contributed by atoms with E-state index in [9.17, 15) is 5.11 Å². The van der Waals surface area contributed by atoms with Crippen LogP contribution in [-0.2, 0) is 6.54 Å². The Hall–Kier alpha value is -1.27. The maximum absolute atomic E-state index is 9.40. The first-order valence-corrected chi connectivity index (χ1v) is 5.15. The van der Waals surface area contributed by atoms with E-state index in [0.29, 0.717) is 12.2 Å². The Morgan fingerprint density at radius 2 is 2.50 bits per heavy atom. The first-order chi connectivity index (χ1) is 6.77. The van der Waals surface area contributed by atoms with Crippen molar-refractivity contribution in [3.63, 3.8) is 0 Å². The zero-order valence-corrected chi connectivity index (χ0v) is 8.48. The maximum Gasteiger partial charge on any atom is 0.0945 e. The Labute approximate surface area is 85.0 Å². The van der Waals surface area contributed by atoms with Gasteiger partial charge in [0.05, 0.1) is 35.7 Å². The van der Waals surface area contributed by atoms with Gasteiger partial charge in [-0.05, 0) is 6.92 Å². The maximum atomic E-state index is 9.40. The van der Waals surface area contributed by atoms with E-state index in [4.69, 9.17) is 0 Å². The zero-order valence-electron chi connectivity index (χ0n) is 7.66. The Morgan fingerprint density at radius 1 is 1.64 bits per heavy atom. The molecule has 0 radical (unpaired) electrons. The summed E-state index contributed by atoms with van der Waals surface area (Å²) in [5.41, 5.74) is 3.41. The molecule has 14 heavy (non-hydrogen) atoms. The summed E-state index contributed by atoms with van der Waals surface area (Å²) in [5, 5.41) is 19.0. The molecule has 2 heterocycles. The van der Waals surface area contributed by atoms with Gasteiger partial charge < -0.3 is 5.11 Å². The molecule has 0 saturated heterocycles. The van der Waals surface area contributed by atoms with E-state index < -0.39 is 6.10 Å². The smallest absolute Gasteiger partial charge is 0.0945 e. The van der Waals surface area contributed by atoms with E-state index in [1.54, 1.807) is 34.6 Å². The molecule has 6 heteroatoms. The number of hydrogen-bond donors (Lipinski definition) is 1. The van der Waals surface area contributed by atoms with Crippen LogP contribution in [0.4, 0.5) is 0 Å². The standard InChI is InChI=1S/C8H10N4OS/c1-6(13)8-2-10-11-12(8)3-7-4-14-5-9-7/h2,4-6,13H,3H2,1H3. The number of aliphatic hydroxyl groups is 1. The number of hydrogen-bond acceptors (Lipinski definition) is 5. The Morgan fingerprint density at radius 3 is 3.14 bits per heavy atom. The van der Waals surface area contributed by atoms with Crippen molar-refractivity contribution in [1.29, 1.82) is 0 Å². The molecule has 2 aromatic heterocycles. The molecule has 1 unspecified atom stereocenters. The van der Waals surface area contributed by atoms with Crippen LogP contribution in [0.1, 0.15) is 24.4 Å². The highest BCUT2D eigenvalue weighted by Gasteiger charge is 2.09. The first kappa shape index (κ1) is 9.29. The van der Waals surface area contributed by atoms with Crippen LogP contribution in [0.15, 0.2) is 17.1 Å². The van der Waals surface area contributed by atoms with Crippen molar-refractivity contribution < 1.29 is 5.11 Å². The van der Waals surface area contributed by atoms with Crippen molar-refractivity contribution in [3.8, 4) is 0 Å². The van der Waals surface area contributed by atoms with Gasteiger partial charge in [-0.15, -0.1) is 16.4 Å². The average Bonchev–Trinajstić information content (AvgIpc) is 2.75. The Kier molecular flexibility index (Phi) is 2.55. The number of rotatable bonds is 3. The monoisotopic (exact) mass is 210 g/mol. The fourth-order valence-electron chi connectivity index (χ4n) is 1.18. The molecule has 0 aliphatic heterocycles. The lowest BCUT2D eigenvalue weighted by Crippen LogP contribution is -2.08. The van der Waals surface area contributed by atoms with Gasteiger partial charge in [0.1, 0.15) is 0 Å². The summed E-state index contributed by atoms with van der Waals surface area (Å²) in [6.07, 6.45) is 1.01. The summed E-state index contributed by atoms with van der Waals surface area (Å²) in [5.74, 6) is 0. The Bertz CT molecular complexity index is 395. The number of aliphatic hydroxyl groups excluding tert-OH is 1. The fourth-order valence-corrected chi connectivity index (χ4v) is 1.73. The van der Waals surface area contributed by atoms with Crippen molar-refractivity contribution >= 4 is 11.3 Å². The average molecular weight is 210 g/mol. The van der Waals surface area contributed by atoms with Crippen molar-refractivity contribution in [1.82, 2.24) is 20.0 Å². The van der Waals surface area contributed by atoms with Crippen molar-refractivity contribution in [2.75, 3.05) is 0 Å². The molecule has 0 bridgehead atoms. The summed E-state index contributed by atoms with van der Waals surface area (Å²) in [6.45, 7) is 2.25. The summed E-state index contributed by atoms with van der Waals surface area (Å²) in [7, 11) is 0. The summed E-state index contributed by atoms with van der Waals surface area (Å²) in [4.78, 5) is 4.14. The molecule has 1 atom stereocenters. The molecule has 2 rings (SSSR count). The van der Waals surface area contributed by atoms with Gasteiger partial charge in [-0.2, -0.15) is 0 Å². The normalized spacial score (nSPS) is 13.0. The molecule has 0 aliphatic rings. The molecule has 0 spiro atoms. The number of aromatic nitrogens is 4. The zero-order chi connectivity index (χ0) is 9.97. The third-order valence-corrected chi connectivity index (χ3v) is 2.51. The van der Waals surface area contributed by atoms with Gasteiger partial charge >= 0.3 is 0 Å². The van der Waals surface area contributed by atoms with Crippen LogP contribution in [0, 0.1) is 0 Å². The van der Waals surface area contributed by atoms with Crippen molar-refractivity contribution in [2.24, 2.45) is 0 Å². The van der Waals surface area contributed by atoms with E-state index in [2.05, 4.69) is 15.3 Å². The van der Waals surface area contributed by atoms with Gasteiger partial charge in [0.2, 0.25) is 0 Å². The van der Waals surface area contributed by atoms with E-state index in [1.807, 2.05) is 5.38 Å². The second kappa shape index (κ2) is 3.85. The minimum Gasteiger partial charge on any atom is -0.387 e. The minimum atomic E-state index is -0.552. The SMILES string of the molecule is CC(O)c1cnnn1Cc1cscn1. The van der Waals surface area contributed by atoms with Crippen LogP contribution >= 0.6 is 11.3 Å². The number of thiazole rings is 1. The van der Waals surface area contributed by atoms with E-state index in [-0.39, 0.29) is 0 Å². The molecule has 0 saturated carbocycles. The van der Waals surface area contributed by atoms with Gasteiger partial charge in [0.25, 0.3) is 0 Å². The van der Waals surface area contributed by atoms with Crippen LogP contribution in [0.2, 0.25) is 0 Å². The lowest BCUT2D eigenvalue weighted by Gasteiger charge is -2.05. The van der Waals surface area contributed by atoms with E-state index in [0.717, 1.165) is 5.69 Å². The fraction of sp³-hybridized carbons (Fsp3) is 0.375. The molecular weight excluding hydrogens is 200 g/mol. The largest absolute Gasteiger partial charge is 0.387 e. The Balaban J connectivity index is 2.21. The molecule has 74 valence electrons.